The Hall–Kier alpha value is -2.22. The Kier molecular flexibility index (Phi) is 7.01. The molecule has 36 heavy (non-hydrogen) atoms. The van der Waals surface area contributed by atoms with E-state index in [4.69, 9.17) is 4.74 Å². The molecule has 0 bridgehead atoms. The van der Waals surface area contributed by atoms with Crippen LogP contribution in [0.4, 0.5) is 22.0 Å². The molecule has 0 N–H and O–H groups in total. The maximum absolute atomic E-state index is 14.2. The molecule has 3 heterocycles. The van der Waals surface area contributed by atoms with Crippen molar-refractivity contribution in [1.82, 2.24) is 13.9 Å². The third-order valence-electron chi connectivity index (χ3n) is 6.44. The molecule has 5 rings (SSSR count). The minimum Gasteiger partial charge on any atom is -0.376 e. The molecule has 6 nitrogen and oxygen atoms in total. The molecule has 0 spiro atoms. The van der Waals surface area contributed by atoms with Gasteiger partial charge < -0.3 is 9.30 Å². The van der Waals surface area contributed by atoms with Crippen LogP contribution in [0.15, 0.2) is 28.3 Å². The predicted molar refractivity (Wildman–Crippen MR) is 122 cm³/mol. The van der Waals surface area contributed by atoms with E-state index < -0.39 is 50.4 Å². The van der Waals surface area contributed by atoms with Crippen molar-refractivity contribution in [2.75, 3.05) is 19.7 Å². The first-order valence-electron chi connectivity index (χ1n) is 11.4. The fourth-order valence-corrected chi connectivity index (χ4v) is 7.07. The second kappa shape index (κ2) is 9.92. The zero-order valence-electron chi connectivity index (χ0n) is 18.9. The van der Waals surface area contributed by atoms with Crippen LogP contribution in [0.25, 0.3) is 11.0 Å². The number of sulfonamides is 1. The Labute approximate surface area is 208 Å². The average Bonchev–Trinajstić information content (AvgIpc) is 3.64. The van der Waals surface area contributed by atoms with E-state index in [1.165, 1.54) is 16.4 Å². The smallest absolute Gasteiger partial charge is 0.243 e. The summed E-state index contributed by atoms with van der Waals surface area (Å²) in [6.45, 7) is 1.81. The highest BCUT2D eigenvalue weighted by Crippen LogP contribution is 2.33. The van der Waals surface area contributed by atoms with Crippen molar-refractivity contribution in [1.29, 1.82) is 0 Å². The molecule has 0 aliphatic carbocycles. The van der Waals surface area contributed by atoms with Crippen LogP contribution in [0.2, 0.25) is 0 Å². The van der Waals surface area contributed by atoms with Gasteiger partial charge in [-0.05, 0) is 43.9 Å². The van der Waals surface area contributed by atoms with Gasteiger partial charge in [0.05, 0.1) is 28.6 Å². The van der Waals surface area contributed by atoms with Gasteiger partial charge >= 0.3 is 0 Å². The van der Waals surface area contributed by atoms with Crippen molar-refractivity contribution in [2.24, 2.45) is 0 Å². The molecule has 0 saturated carbocycles. The van der Waals surface area contributed by atoms with Crippen molar-refractivity contribution >= 4 is 32.8 Å². The Balaban J connectivity index is 1.52. The number of aromatic nitrogens is 2. The quantitative estimate of drug-likeness (QED) is 0.181. The van der Waals surface area contributed by atoms with Gasteiger partial charge in [0.2, 0.25) is 15.8 Å². The first-order valence-corrected chi connectivity index (χ1v) is 13.9. The number of rotatable bonds is 7. The highest BCUT2D eigenvalue weighted by Gasteiger charge is 2.29. The zero-order valence-corrected chi connectivity index (χ0v) is 20.6. The van der Waals surface area contributed by atoms with Gasteiger partial charge in [-0.1, -0.05) is 11.8 Å². The van der Waals surface area contributed by atoms with Crippen LogP contribution in [0.1, 0.15) is 31.2 Å². The van der Waals surface area contributed by atoms with Gasteiger partial charge in [0.25, 0.3) is 0 Å². The lowest BCUT2D eigenvalue weighted by Crippen LogP contribution is -2.27. The van der Waals surface area contributed by atoms with Crippen molar-refractivity contribution in [3.05, 3.63) is 52.8 Å². The first kappa shape index (κ1) is 25.4. The van der Waals surface area contributed by atoms with Gasteiger partial charge in [-0.3, -0.25) is 0 Å². The second-order valence-electron chi connectivity index (χ2n) is 8.74. The Bertz CT molecular complexity index is 1390. The van der Waals surface area contributed by atoms with Crippen molar-refractivity contribution in [2.45, 2.75) is 54.1 Å². The number of halogens is 5. The predicted octanol–water partition coefficient (Wildman–Crippen LogP) is 4.99. The molecule has 13 heteroatoms. The van der Waals surface area contributed by atoms with Crippen molar-refractivity contribution < 1.29 is 35.1 Å². The first-order chi connectivity index (χ1) is 17.2. The van der Waals surface area contributed by atoms with E-state index in [9.17, 15) is 30.4 Å². The van der Waals surface area contributed by atoms with E-state index in [1.54, 1.807) is 10.6 Å². The van der Waals surface area contributed by atoms with Crippen molar-refractivity contribution in [3.8, 4) is 0 Å². The van der Waals surface area contributed by atoms with Crippen LogP contribution in [-0.2, 0) is 27.1 Å². The third-order valence-corrected chi connectivity index (χ3v) is 9.34. The van der Waals surface area contributed by atoms with E-state index in [0.717, 1.165) is 37.4 Å². The molecular weight excluding hydrogens is 525 g/mol. The number of imidazole rings is 1. The molecule has 2 saturated heterocycles. The van der Waals surface area contributed by atoms with Crippen LogP contribution in [0.3, 0.4) is 0 Å². The summed E-state index contributed by atoms with van der Waals surface area (Å²) in [7, 11) is -3.70. The number of benzene rings is 2. The SMILES string of the molecule is O=S(=O)(c1ccc2c(c1)nc(SCc1c(F)c(F)c(F)c(F)c1F)n2CC1CCCO1)N1CCCC1. The van der Waals surface area contributed by atoms with Gasteiger partial charge in [0.1, 0.15) is 0 Å². The van der Waals surface area contributed by atoms with E-state index >= 15 is 0 Å². The molecular formula is C23H22F5N3O3S2. The monoisotopic (exact) mass is 547 g/mol. The van der Waals surface area contributed by atoms with Crippen LogP contribution >= 0.6 is 11.8 Å². The minimum absolute atomic E-state index is 0.0787. The fraction of sp³-hybridized carbons (Fsp3) is 0.435. The maximum atomic E-state index is 14.2. The molecule has 3 aromatic rings. The molecule has 2 fully saturated rings. The Morgan fingerprint density at radius 1 is 0.972 bits per heavy atom. The average molecular weight is 548 g/mol. The molecule has 2 aliphatic rings. The van der Waals surface area contributed by atoms with Gasteiger partial charge in [-0.25, -0.2) is 35.4 Å². The summed E-state index contributed by atoms with van der Waals surface area (Å²) >= 11 is 0.800. The Morgan fingerprint density at radius 2 is 1.64 bits per heavy atom. The summed E-state index contributed by atoms with van der Waals surface area (Å²) < 4.78 is 104. The van der Waals surface area contributed by atoms with Gasteiger partial charge in [-0.2, -0.15) is 4.31 Å². The lowest BCUT2D eigenvalue weighted by Gasteiger charge is -2.16. The third kappa shape index (κ3) is 4.50. The van der Waals surface area contributed by atoms with Crippen LogP contribution < -0.4 is 0 Å². The highest BCUT2D eigenvalue weighted by molar-refractivity contribution is 7.98. The van der Waals surface area contributed by atoms with Crippen molar-refractivity contribution in [3.63, 3.8) is 0 Å². The summed E-state index contributed by atoms with van der Waals surface area (Å²) in [5, 5.41) is 0.250. The Morgan fingerprint density at radius 3 is 2.28 bits per heavy atom. The minimum atomic E-state index is -3.70. The lowest BCUT2D eigenvalue weighted by molar-refractivity contribution is 0.0960. The topological polar surface area (TPSA) is 64.4 Å². The van der Waals surface area contributed by atoms with Crippen LogP contribution in [-0.4, -0.2) is 48.1 Å². The van der Waals surface area contributed by atoms with Gasteiger partial charge in [0.15, 0.2) is 28.4 Å². The zero-order chi connectivity index (χ0) is 25.6. The van der Waals surface area contributed by atoms with Gasteiger partial charge in [-0.15, -0.1) is 0 Å². The second-order valence-corrected chi connectivity index (χ2v) is 11.6. The standard InChI is InChI=1S/C23H22F5N3O3S2/c24-18-15(19(25)21(27)22(28)20(18)26)12-35-23-29-16-10-14(36(32,33)30-7-1-2-8-30)5-6-17(16)31(23)11-13-4-3-9-34-13/h5-6,10,13H,1-4,7-9,11-12H2. The largest absolute Gasteiger partial charge is 0.376 e. The molecule has 2 aliphatic heterocycles. The number of fused-ring (bicyclic) bond motifs is 1. The van der Waals surface area contributed by atoms with E-state index in [-0.39, 0.29) is 16.2 Å². The highest BCUT2D eigenvalue weighted by atomic mass is 32.2. The summed E-state index contributed by atoms with van der Waals surface area (Å²) in [4.78, 5) is 4.55. The summed E-state index contributed by atoms with van der Waals surface area (Å²) in [5.41, 5.74) is -0.0385. The summed E-state index contributed by atoms with van der Waals surface area (Å²) in [6.07, 6.45) is 3.07. The lowest BCUT2D eigenvalue weighted by atomic mass is 10.2. The number of thioether (sulfide) groups is 1. The van der Waals surface area contributed by atoms with E-state index in [0.29, 0.717) is 37.3 Å². The van der Waals surface area contributed by atoms with E-state index in [1.807, 2.05) is 0 Å². The molecule has 1 aromatic heterocycles. The van der Waals surface area contributed by atoms with Crippen LogP contribution in [0, 0.1) is 29.1 Å². The normalized spacial score (nSPS) is 19.1. The molecule has 1 unspecified atom stereocenters. The van der Waals surface area contributed by atoms with Gasteiger partial charge in [0, 0.05) is 31.0 Å². The van der Waals surface area contributed by atoms with Crippen LogP contribution in [0.5, 0.6) is 0 Å². The van der Waals surface area contributed by atoms with E-state index in [2.05, 4.69) is 4.98 Å². The summed E-state index contributed by atoms with van der Waals surface area (Å²) in [6, 6.07) is 4.54. The molecule has 0 amide bonds. The number of nitrogens with zero attached hydrogens (tertiary/aromatic N) is 3. The summed E-state index contributed by atoms with van der Waals surface area (Å²) in [5.74, 6) is -10.6. The number of ether oxygens (including phenoxy) is 1. The number of hydrogen-bond donors (Lipinski definition) is 0. The molecule has 194 valence electrons. The molecule has 1 atom stereocenters. The fourth-order valence-electron chi connectivity index (χ4n) is 4.52. The maximum Gasteiger partial charge on any atom is 0.243 e. The number of hydrogen-bond acceptors (Lipinski definition) is 5. The molecule has 0 radical (unpaired) electrons. The molecule has 2 aromatic carbocycles.